The molecule has 1 aliphatic rings. The summed E-state index contributed by atoms with van der Waals surface area (Å²) in [6, 6.07) is 18.6. The number of aromatic nitrogens is 2. The highest BCUT2D eigenvalue weighted by molar-refractivity contribution is 5.53. The highest BCUT2D eigenvalue weighted by Crippen LogP contribution is 2.34. The third kappa shape index (κ3) is 3.42. The fraction of sp³-hybridized carbons (Fsp3) is 0.300. The predicted octanol–water partition coefficient (Wildman–Crippen LogP) is 4.08. The Morgan fingerprint density at radius 2 is 2.04 bits per heavy atom. The Labute approximate surface area is 147 Å². The van der Waals surface area contributed by atoms with Crippen LogP contribution in [0, 0.1) is 0 Å². The van der Waals surface area contributed by atoms with Gasteiger partial charge in [0.1, 0.15) is 5.75 Å². The summed E-state index contributed by atoms with van der Waals surface area (Å²) in [6.07, 6.45) is 2.30. The lowest BCUT2D eigenvalue weighted by Gasteiger charge is -2.23. The van der Waals surface area contributed by atoms with Crippen molar-refractivity contribution in [1.29, 1.82) is 0 Å². The maximum Gasteiger partial charge on any atom is 0.241 e. The smallest absolute Gasteiger partial charge is 0.241 e. The van der Waals surface area contributed by atoms with Crippen molar-refractivity contribution in [2.24, 2.45) is 0 Å². The van der Waals surface area contributed by atoms with Gasteiger partial charge in [-0.2, -0.15) is 4.98 Å². The normalized spacial score (nSPS) is 17.7. The molecule has 0 saturated carbocycles. The molecule has 128 valence electrons. The monoisotopic (exact) mass is 335 g/mol. The number of methoxy groups -OCH3 is 1. The standard InChI is InChI=1S/C20H21N3O2/c1-24-17-10-5-9-16(13-17)18-11-6-12-23(18)14-19-21-20(22-25-19)15-7-3-2-4-8-15/h2-5,7-10,13,18H,6,11-12,14H2,1H3. The van der Waals surface area contributed by atoms with E-state index < -0.39 is 0 Å². The lowest BCUT2D eigenvalue weighted by molar-refractivity contribution is 0.212. The summed E-state index contributed by atoms with van der Waals surface area (Å²) in [6.45, 7) is 1.70. The fourth-order valence-electron chi connectivity index (χ4n) is 3.44. The summed E-state index contributed by atoms with van der Waals surface area (Å²) in [5.41, 5.74) is 2.25. The third-order valence-electron chi connectivity index (χ3n) is 4.68. The van der Waals surface area contributed by atoms with E-state index in [1.165, 1.54) is 12.0 Å². The lowest BCUT2D eigenvalue weighted by Crippen LogP contribution is -2.23. The van der Waals surface area contributed by atoms with Crippen molar-refractivity contribution in [2.75, 3.05) is 13.7 Å². The second-order valence-electron chi connectivity index (χ2n) is 6.28. The van der Waals surface area contributed by atoms with Crippen LogP contribution in [0.5, 0.6) is 5.75 Å². The van der Waals surface area contributed by atoms with Gasteiger partial charge in [0.25, 0.3) is 0 Å². The molecule has 3 aromatic rings. The van der Waals surface area contributed by atoms with Crippen LogP contribution in [-0.2, 0) is 6.54 Å². The minimum atomic E-state index is 0.363. The highest BCUT2D eigenvalue weighted by Gasteiger charge is 2.27. The van der Waals surface area contributed by atoms with E-state index in [9.17, 15) is 0 Å². The van der Waals surface area contributed by atoms with E-state index in [1.54, 1.807) is 7.11 Å². The summed E-state index contributed by atoms with van der Waals surface area (Å²) in [5, 5.41) is 4.12. The first-order valence-electron chi connectivity index (χ1n) is 8.59. The van der Waals surface area contributed by atoms with Crippen molar-refractivity contribution in [3.05, 3.63) is 66.1 Å². The molecule has 1 saturated heterocycles. The van der Waals surface area contributed by atoms with Crippen molar-refractivity contribution < 1.29 is 9.26 Å². The van der Waals surface area contributed by atoms with Gasteiger partial charge in [0.2, 0.25) is 11.7 Å². The minimum absolute atomic E-state index is 0.363. The molecule has 5 nitrogen and oxygen atoms in total. The van der Waals surface area contributed by atoms with Crippen LogP contribution in [0.25, 0.3) is 11.4 Å². The maximum atomic E-state index is 5.48. The van der Waals surface area contributed by atoms with E-state index >= 15 is 0 Å². The Kier molecular flexibility index (Phi) is 4.48. The molecule has 1 aliphatic heterocycles. The van der Waals surface area contributed by atoms with Crippen molar-refractivity contribution in [1.82, 2.24) is 15.0 Å². The Morgan fingerprint density at radius 3 is 2.88 bits per heavy atom. The molecule has 2 aromatic carbocycles. The fourth-order valence-corrected chi connectivity index (χ4v) is 3.44. The number of hydrogen-bond acceptors (Lipinski definition) is 5. The van der Waals surface area contributed by atoms with Crippen LogP contribution >= 0.6 is 0 Å². The molecule has 25 heavy (non-hydrogen) atoms. The van der Waals surface area contributed by atoms with Gasteiger partial charge in [0, 0.05) is 11.6 Å². The van der Waals surface area contributed by atoms with Crippen LogP contribution in [-0.4, -0.2) is 28.7 Å². The topological polar surface area (TPSA) is 51.4 Å². The van der Waals surface area contributed by atoms with Crippen LogP contribution in [0.2, 0.25) is 0 Å². The average molecular weight is 335 g/mol. The molecule has 1 unspecified atom stereocenters. The Morgan fingerprint density at radius 1 is 1.16 bits per heavy atom. The average Bonchev–Trinajstić information content (AvgIpc) is 3.32. The van der Waals surface area contributed by atoms with Crippen molar-refractivity contribution in [2.45, 2.75) is 25.4 Å². The summed E-state index contributed by atoms with van der Waals surface area (Å²) < 4.78 is 10.8. The van der Waals surface area contributed by atoms with Crippen LogP contribution in [0.15, 0.2) is 59.1 Å². The quantitative estimate of drug-likeness (QED) is 0.703. The third-order valence-corrected chi connectivity index (χ3v) is 4.68. The predicted molar refractivity (Wildman–Crippen MR) is 95.1 cm³/mol. The van der Waals surface area contributed by atoms with E-state index in [0.29, 0.717) is 24.3 Å². The van der Waals surface area contributed by atoms with Gasteiger partial charge in [-0.15, -0.1) is 0 Å². The molecule has 2 heterocycles. The highest BCUT2D eigenvalue weighted by atomic mass is 16.5. The SMILES string of the molecule is COc1cccc(C2CCCN2Cc2nc(-c3ccccc3)no2)c1. The zero-order chi connectivity index (χ0) is 17.1. The lowest BCUT2D eigenvalue weighted by atomic mass is 10.0. The van der Waals surface area contributed by atoms with Crippen molar-refractivity contribution >= 4 is 0 Å². The molecule has 0 N–H and O–H groups in total. The maximum absolute atomic E-state index is 5.48. The molecule has 0 radical (unpaired) electrons. The van der Waals surface area contributed by atoms with Crippen molar-refractivity contribution in [3.8, 4) is 17.1 Å². The van der Waals surface area contributed by atoms with E-state index in [4.69, 9.17) is 9.26 Å². The first-order chi connectivity index (χ1) is 12.3. The second-order valence-corrected chi connectivity index (χ2v) is 6.28. The van der Waals surface area contributed by atoms with Gasteiger partial charge in [-0.25, -0.2) is 0 Å². The summed E-state index contributed by atoms with van der Waals surface area (Å²) in [5.74, 6) is 2.20. The zero-order valence-electron chi connectivity index (χ0n) is 14.3. The van der Waals surface area contributed by atoms with Gasteiger partial charge in [-0.05, 0) is 37.1 Å². The minimum Gasteiger partial charge on any atom is -0.497 e. The van der Waals surface area contributed by atoms with Gasteiger partial charge in [-0.3, -0.25) is 4.90 Å². The molecular formula is C20H21N3O2. The first-order valence-corrected chi connectivity index (χ1v) is 8.59. The molecule has 1 aromatic heterocycles. The van der Waals surface area contributed by atoms with Crippen LogP contribution in [0.4, 0.5) is 0 Å². The van der Waals surface area contributed by atoms with E-state index in [2.05, 4.69) is 27.2 Å². The van der Waals surface area contributed by atoms with Gasteiger partial charge >= 0.3 is 0 Å². The molecule has 0 aliphatic carbocycles. The number of likely N-dealkylation sites (tertiary alicyclic amines) is 1. The van der Waals surface area contributed by atoms with Crippen LogP contribution in [0.3, 0.4) is 0 Å². The Hall–Kier alpha value is -2.66. The summed E-state index contributed by atoms with van der Waals surface area (Å²) in [7, 11) is 1.70. The Balaban J connectivity index is 1.51. The van der Waals surface area contributed by atoms with E-state index in [-0.39, 0.29) is 0 Å². The zero-order valence-corrected chi connectivity index (χ0v) is 14.3. The van der Waals surface area contributed by atoms with E-state index in [0.717, 1.165) is 24.3 Å². The number of ether oxygens (including phenoxy) is 1. The summed E-state index contributed by atoms with van der Waals surface area (Å²) in [4.78, 5) is 6.96. The van der Waals surface area contributed by atoms with Gasteiger partial charge in [0.15, 0.2) is 0 Å². The van der Waals surface area contributed by atoms with Crippen molar-refractivity contribution in [3.63, 3.8) is 0 Å². The van der Waals surface area contributed by atoms with Crippen LogP contribution < -0.4 is 4.74 Å². The number of hydrogen-bond donors (Lipinski definition) is 0. The van der Waals surface area contributed by atoms with Gasteiger partial charge in [-0.1, -0.05) is 47.6 Å². The number of nitrogens with zero attached hydrogens (tertiary/aromatic N) is 3. The molecule has 1 atom stereocenters. The summed E-state index contributed by atoms with van der Waals surface area (Å²) >= 11 is 0. The number of benzene rings is 2. The van der Waals surface area contributed by atoms with E-state index in [1.807, 2.05) is 42.5 Å². The number of rotatable bonds is 5. The van der Waals surface area contributed by atoms with Gasteiger partial charge in [0.05, 0.1) is 13.7 Å². The second kappa shape index (κ2) is 7.07. The molecule has 4 rings (SSSR count). The first kappa shape index (κ1) is 15.8. The largest absolute Gasteiger partial charge is 0.497 e. The molecular weight excluding hydrogens is 314 g/mol. The van der Waals surface area contributed by atoms with Gasteiger partial charge < -0.3 is 9.26 Å². The Bertz CT molecular complexity index is 832. The molecule has 0 spiro atoms. The molecule has 5 heteroatoms. The molecule has 1 fully saturated rings. The van der Waals surface area contributed by atoms with Crippen LogP contribution in [0.1, 0.15) is 30.3 Å². The molecule has 0 bridgehead atoms. The molecule has 0 amide bonds.